The van der Waals surface area contributed by atoms with Gasteiger partial charge in [0.25, 0.3) is 11.6 Å². The molecule has 0 unspecified atom stereocenters. The Balaban J connectivity index is 2.25. The highest BCUT2D eigenvalue weighted by atomic mass is 79.9. The van der Waals surface area contributed by atoms with Crippen LogP contribution < -0.4 is 0 Å². The van der Waals surface area contributed by atoms with Crippen LogP contribution in [-0.2, 0) is 4.74 Å². The summed E-state index contributed by atoms with van der Waals surface area (Å²) >= 11 is 3.11. The second-order valence-electron chi connectivity index (χ2n) is 4.89. The van der Waals surface area contributed by atoms with Crippen molar-refractivity contribution in [2.75, 3.05) is 13.1 Å². The summed E-state index contributed by atoms with van der Waals surface area (Å²) in [4.78, 5) is 24.5. The van der Waals surface area contributed by atoms with E-state index in [1.807, 2.05) is 13.8 Å². The van der Waals surface area contributed by atoms with Crippen molar-refractivity contribution in [1.82, 2.24) is 4.90 Å². The molecule has 0 bridgehead atoms. The van der Waals surface area contributed by atoms with Gasteiger partial charge in [0.15, 0.2) is 0 Å². The number of nitro benzene ring substituents is 1. The number of amides is 1. The maximum Gasteiger partial charge on any atom is 0.284 e. The summed E-state index contributed by atoms with van der Waals surface area (Å²) in [5, 5.41) is 10.9. The van der Waals surface area contributed by atoms with Crippen molar-refractivity contribution in [3.8, 4) is 0 Å². The van der Waals surface area contributed by atoms with Crippen LogP contribution in [0.5, 0.6) is 0 Å². The first kappa shape index (κ1) is 14.9. The Labute approximate surface area is 125 Å². The Hall–Kier alpha value is -1.47. The molecule has 1 aromatic rings. The molecule has 20 heavy (non-hydrogen) atoms. The van der Waals surface area contributed by atoms with Gasteiger partial charge in [-0.1, -0.05) is 0 Å². The smallest absolute Gasteiger partial charge is 0.284 e. The van der Waals surface area contributed by atoms with Gasteiger partial charge in [0.05, 0.1) is 21.6 Å². The molecule has 1 aliphatic heterocycles. The van der Waals surface area contributed by atoms with Crippen LogP contribution in [-0.4, -0.2) is 41.0 Å². The van der Waals surface area contributed by atoms with Crippen LogP contribution in [0.4, 0.5) is 5.69 Å². The predicted octanol–water partition coefficient (Wildman–Crippen LogP) is 2.61. The maximum absolute atomic E-state index is 12.4. The van der Waals surface area contributed by atoms with E-state index in [1.54, 1.807) is 11.0 Å². The van der Waals surface area contributed by atoms with Crippen LogP contribution in [0.25, 0.3) is 0 Å². The summed E-state index contributed by atoms with van der Waals surface area (Å²) < 4.78 is 5.94. The summed E-state index contributed by atoms with van der Waals surface area (Å²) in [7, 11) is 0. The van der Waals surface area contributed by atoms with E-state index in [2.05, 4.69) is 15.9 Å². The lowest BCUT2D eigenvalue weighted by molar-refractivity contribution is -0.385. The second kappa shape index (κ2) is 5.88. The third-order valence-corrected chi connectivity index (χ3v) is 3.77. The zero-order valence-corrected chi connectivity index (χ0v) is 12.8. The Bertz CT molecular complexity index is 539. The molecule has 0 aliphatic carbocycles. The van der Waals surface area contributed by atoms with Gasteiger partial charge in [-0.05, 0) is 41.9 Å². The average Bonchev–Trinajstić information content (AvgIpc) is 2.37. The molecule has 0 aromatic heterocycles. The highest BCUT2D eigenvalue weighted by Gasteiger charge is 2.27. The fourth-order valence-corrected chi connectivity index (χ4v) is 2.70. The minimum Gasteiger partial charge on any atom is -0.372 e. The van der Waals surface area contributed by atoms with Crippen molar-refractivity contribution in [3.63, 3.8) is 0 Å². The number of benzene rings is 1. The highest BCUT2D eigenvalue weighted by molar-refractivity contribution is 9.10. The quantitative estimate of drug-likeness (QED) is 0.611. The van der Waals surface area contributed by atoms with E-state index in [0.29, 0.717) is 23.1 Å². The zero-order valence-electron chi connectivity index (χ0n) is 11.2. The van der Waals surface area contributed by atoms with Gasteiger partial charge in [-0.15, -0.1) is 0 Å². The number of hydrogen-bond acceptors (Lipinski definition) is 4. The lowest BCUT2D eigenvalue weighted by Gasteiger charge is -2.35. The monoisotopic (exact) mass is 342 g/mol. The van der Waals surface area contributed by atoms with Crippen LogP contribution in [0.2, 0.25) is 0 Å². The largest absolute Gasteiger partial charge is 0.372 e. The number of morpholine rings is 1. The molecule has 0 spiro atoms. The van der Waals surface area contributed by atoms with Gasteiger partial charge in [-0.3, -0.25) is 14.9 Å². The van der Waals surface area contributed by atoms with Crippen molar-refractivity contribution in [3.05, 3.63) is 38.3 Å². The summed E-state index contributed by atoms with van der Waals surface area (Å²) in [5.41, 5.74) is 0.214. The van der Waals surface area contributed by atoms with Gasteiger partial charge >= 0.3 is 0 Å². The molecule has 0 radical (unpaired) electrons. The van der Waals surface area contributed by atoms with Gasteiger partial charge in [-0.2, -0.15) is 0 Å². The molecular weight excluding hydrogens is 328 g/mol. The van der Waals surface area contributed by atoms with E-state index in [4.69, 9.17) is 4.74 Å². The number of carbonyl (C=O) groups is 1. The van der Waals surface area contributed by atoms with Crippen LogP contribution in [0, 0.1) is 10.1 Å². The first-order valence-electron chi connectivity index (χ1n) is 6.27. The Morgan fingerprint density at radius 3 is 2.55 bits per heavy atom. The fraction of sp³-hybridized carbons (Fsp3) is 0.462. The van der Waals surface area contributed by atoms with Crippen molar-refractivity contribution < 1.29 is 14.5 Å². The second-order valence-corrected chi connectivity index (χ2v) is 5.75. The van der Waals surface area contributed by atoms with E-state index < -0.39 is 4.92 Å². The topological polar surface area (TPSA) is 72.7 Å². The van der Waals surface area contributed by atoms with Crippen molar-refractivity contribution >= 4 is 27.5 Å². The molecule has 0 saturated carbocycles. The molecule has 7 heteroatoms. The number of carbonyl (C=O) groups excluding carboxylic acids is 1. The number of nitro groups is 1. The van der Waals surface area contributed by atoms with Gasteiger partial charge in [0.1, 0.15) is 0 Å². The number of ether oxygens (including phenoxy) is 1. The first-order valence-corrected chi connectivity index (χ1v) is 7.06. The van der Waals surface area contributed by atoms with Gasteiger partial charge in [0, 0.05) is 24.7 Å². The molecular formula is C13H15BrN2O4. The van der Waals surface area contributed by atoms with E-state index >= 15 is 0 Å². The average molecular weight is 343 g/mol. The van der Waals surface area contributed by atoms with Gasteiger partial charge in [0.2, 0.25) is 0 Å². The lowest BCUT2D eigenvalue weighted by Crippen LogP contribution is -2.48. The molecule has 2 atom stereocenters. The zero-order chi connectivity index (χ0) is 14.9. The number of hydrogen-bond donors (Lipinski definition) is 0. The lowest BCUT2D eigenvalue weighted by atomic mass is 10.1. The Morgan fingerprint density at radius 1 is 1.40 bits per heavy atom. The van der Waals surface area contributed by atoms with Crippen LogP contribution in [0.1, 0.15) is 24.2 Å². The normalized spacial score (nSPS) is 22.6. The molecule has 1 amide bonds. The van der Waals surface area contributed by atoms with Crippen molar-refractivity contribution in [2.45, 2.75) is 26.1 Å². The molecule has 108 valence electrons. The van der Waals surface area contributed by atoms with E-state index in [-0.39, 0.29) is 23.8 Å². The minimum absolute atomic E-state index is 0.0341. The summed E-state index contributed by atoms with van der Waals surface area (Å²) in [6.07, 6.45) is -0.0683. The SMILES string of the molecule is C[C@@H]1CN(C(=O)c2ccc(Br)c([N+](=O)[O-])c2)C[C@H](C)O1. The van der Waals surface area contributed by atoms with Crippen LogP contribution in [0.3, 0.4) is 0 Å². The van der Waals surface area contributed by atoms with Gasteiger partial charge < -0.3 is 9.64 Å². The first-order chi connectivity index (χ1) is 9.38. The summed E-state index contributed by atoms with van der Waals surface area (Å²) in [5.74, 6) is -0.206. The van der Waals surface area contributed by atoms with Crippen LogP contribution in [0.15, 0.2) is 22.7 Å². The van der Waals surface area contributed by atoms with E-state index in [1.165, 1.54) is 12.1 Å². The molecule has 1 saturated heterocycles. The highest BCUT2D eigenvalue weighted by Crippen LogP contribution is 2.26. The standard InChI is InChI=1S/C13H15BrN2O4/c1-8-6-15(7-9(2)20-8)13(17)10-3-4-11(14)12(5-10)16(18)19/h3-5,8-9H,6-7H2,1-2H3/t8-,9+. The fourth-order valence-electron chi connectivity index (χ4n) is 2.31. The van der Waals surface area contributed by atoms with Crippen molar-refractivity contribution in [1.29, 1.82) is 0 Å². The number of halogens is 1. The molecule has 1 aromatic carbocycles. The summed E-state index contributed by atoms with van der Waals surface area (Å²) in [6, 6.07) is 4.42. The van der Waals surface area contributed by atoms with Gasteiger partial charge in [-0.25, -0.2) is 0 Å². The predicted molar refractivity (Wildman–Crippen MR) is 76.7 cm³/mol. The molecule has 2 rings (SSSR count). The summed E-state index contributed by atoms with van der Waals surface area (Å²) in [6.45, 7) is 4.79. The van der Waals surface area contributed by atoms with Crippen molar-refractivity contribution in [2.24, 2.45) is 0 Å². The molecule has 0 N–H and O–H groups in total. The Kier molecular flexibility index (Phi) is 4.39. The molecule has 1 heterocycles. The molecule has 1 fully saturated rings. The third kappa shape index (κ3) is 3.16. The third-order valence-electron chi connectivity index (χ3n) is 3.10. The number of nitrogens with zero attached hydrogens (tertiary/aromatic N) is 2. The maximum atomic E-state index is 12.4. The van der Waals surface area contributed by atoms with E-state index in [9.17, 15) is 14.9 Å². The Morgan fingerprint density at radius 2 is 2.00 bits per heavy atom. The minimum atomic E-state index is -0.509. The number of rotatable bonds is 2. The van der Waals surface area contributed by atoms with Crippen LogP contribution >= 0.6 is 15.9 Å². The van der Waals surface area contributed by atoms with E-state index in [0.717, 1.165) is 0 Å². The molecule has 1 aliphatic rings. The molecule has 6 nitrogen and oxygen atoms in total.